The Balaban J connectivity index is 1.60. The summed E-state index contributed by atoms with van der Waals surface area (Å²) in [4.78, 5) is 18.5. The number of hydrogen-bond acceptors (Lipinski definition) is 3. The smallest absolute Gasteiger partial charge is 0.319 e. The van der Waals surface area contributed by atoms with Crippen molar-refractivity contribution in [2.75, 3.05) is 40.3 Å². The van der Waals surface area contributed by atoms with Gasteiger partial charge in [0.25, 0.3) is 0 Å². The first-order valence-electron chi connectivity index (χ1n) is 8.77. The third-order valence-electron chi connectivity index (χ3n) is 5.28. The number of likely N-dealkylation sites (tertiary alicyclic amines) is 2. The molecule has 0 saturated carbocycles. The molecule has 3 heterocycles. The van der Waals surface area contributed by atoms with Crippen molar-refractivity contribution in [2.45, 2.75) is 39.2 Å². The number of carbonyl (C=O) groups excluding carboxylic acids is 1. The van der Waals surface area contributed by atoms with E-state index in [0.717, 1.165) is 57.1 Å². The Morgan fingerprint density at radius 3 is 2.70 bits per heavy atom. The van der Waals surface area contributed by atoms with E-state index in [2.05, 4.69) is 24.0 Å². The van der Waals surface area contributed by atoms with Crippen molar-refractivity contribution in [1.29, 1.82) is 0 Å². The first-order chi connectivity index (χ1) is 11.0. The van der Waals surface area contributed by atoms with E-state index < -0.39 is 0 Å². The van der Waals surface area contributed by atoms with Gasteiger partial charge in [0.15, 0.2) is 0 Å². The van der Waals surface area contributed by atoms with E-state index in [-0.39, 0.29) is 11.4 Å². The molecular formula is C18H29N3O2. The molecule has 3 rings (SSSR count). The summed E-state index contributed by atoms with van der Waals surface area (Å²) in [6.45, 7) is 6.99. The van der Waals surface area contributed by atoms with E-state index in [9.17, 15) is 4.79 Å². The van der Waals surface area contributed by atoms with Crippen molar-refractivity contribution >= 4 is 6.03 Å². The topological polar surface area (TPSA) is 39.9 Å². The number of furan rings is 1. The molecule has 1 aromatic heterocycles. The summed E-state index contributed by atoms with van der Waals surface area (Å²) in [5, 5.41) is 0. The Morgan fingerprint density at radius 1 is 1.22 bits per heavy atom. The van der Waals surface area contributed by atoms with Crippen LogP contribution in [0.15, 0.2) is 16.5 Å². The molecule has 0 aromatic carbocycles. The predicted molar refractivity (Wildman–Crippen MR) is 90.3 cm³/mol. The highest BCUT2D eigenvalue weighted by atomic mass is 16.3. The van der Waals surface area contributed by atoms with Gasteiger partial charge in [0.2, 0.25) is 0 Å². The Labute approximate surface area is 139 Å². The van der Waals surface area contributed by atoms with Crippen LogP contribution in [-0.4, -0.2) is 61.0 Å². The molecule has 128 valence electrons. The van der Waals surface area contributed by atoms with E-state index in [1.807, 2.05) is 19.0 Å². The van der Waals surface area contributed by atoms with Gasteiger partial charge < -0.3 is 14.2 Å². The summed E-state index contributed by atoms with van der Waals surface area (Å²) in [6.07, 6.45) is 4.49. The molecule has 23 heavy (non-hydrogen) atoms. The molecule has 1 aromatic rings. The summed E-state index contributed by atoms with van der Waals surface area (Å²) in [5.74, 6) is 2.13. The van der Waals surface area contributed by atoms with E-state index >= 15 is 0 Å². The summed E-state index contributed by atoms with van der Waals surface area (Å²) >= 11 is 0. The lowest BCUT2D eigenvalue weighted by molar-refractivity contribution is 0.0938. The molecule has 5 nitrogen and oxygen atoms in total. The Morgan fingerprint density at radius 2 is 2.00 bits per heavy atom. The van der Waals surface area contributed by atoms with Gasteiger partial charge in [0.05, 0.1) is 6.54 Å². The predicted octanol–water partition coefficient (Wildman–Crippen LogP) is 2.81. The zero-order chi connectivity index (χ0) is 16.4. The summed E-state index contributed by atoms with van der Waals surface area (Å²) in [5.41, 5.74) is 0.282. The average molecular weight is 319 g/mol. The van der Waals surface area contributed by atoms with Gasteiger partial charge in [0.1, 0.15) is 11.5 Å². The lowest BCUT2D eigenvalue weighted by Crippen LogP contribution is -2.50. The summed E-state index contributed by atoms with van der Waals surface area (Å²) in [7, 11) is 3.68. The van der Waals surface area contributed by atoms with Gasteiger partial charge in [-0.15, -0.1) is 0 Å². The van der Waals surface area contributed by atoms with Crippen LogP contribution in [0.4, 0.5) is 4.79 Å². The van der Waals surface area contributed by atoms with Crippen molar-refractivity contribution in [1.82, 2.24) is 14.7 Å². The zero-order valence-electron chi connectivity index (χ0n) is 14.7. The molecule has 5 heteroatoms. The molecule has 0 N–H and O–H groups in total. The standard InChI is InChI=1S/C18H29N3O2/c1-4-15-6-7-16(23-15)12-20-11-9-18(13-20)8-5-10-21(14-18)17(22)19(2)3/h6-7H,4-5,8-14H2,1-3H3/t18-/m0/s1. The van der Waals surface area contributed by atoms with Crippen LogP contribution in [-0.2, 0) is 13.0 Å². The van der Waals surface area contributed by atoms with E-state index in [1.165, 1.54) is 12.8 Å². The van der Waals surface area contributed by atoms with Crippen LogP contribution in [0, 0.1) is 5.41 Å². The zero-order valence-corrected chi connectivity index (χ0v) is 14.7. The van der Waals surface area contributed by atoms with Crippen molar-refractivity contribution < 1.29 is 9.21 Å². The summed E-state index contributed by atoms with van der Waals surface area (Å²) < 4.78 is 5.85. The van der Waals surface area contributed by atoms with Crippen LogP contribution >= 0.6 is 0 Å². The Kier molecular flexibility index (Phi) is 4.67. The minimum atomic E-state index is 0.154. The molecule has 0 unspecified atom stereocenters. The molecule has 1 spiro atoms. The number of urea groups is 1. The first kappa shape index (κ1) is 16.4. The van der Waals surface area contributed by atoms with Crippen LogP contribution in [0.5, 0.6) is 0 Å². The van der Waals surface area contributed by atoms with Gasteiger partial charge in [-0.25, -0.2) is 4.79 Å². The molecule has 2 aliphatic heterocycles. The quantitative estimate of drug-likeness (QED) is 0.860. The van der Waals surface area contributed by atoms with Crippen molar-refractivity contribution in [3.8, 4) is 0 Å². The van der Waals surface area contributed by atoms with Gasteiger partial charge >= 0.3 is 6.03 Å². The van der Waals surface area contributed by atoms with Crippen molar-refractivity contribution in [2.24, 2.45) is 5.41 Å². The second kappa shape index (κ2) is 6.56. The highest BCUT2D eigenvalue weighted by molar-refractivity contribution is 5.74. The lowest BCUT2D eigenvalue weighted by Gasteiger charge is -2.41. The highest BCUT2D eigenvalue weighted by Gasteiger charge is 2.42. The number of aryl methyl sites for hydroxylation is 1. The molecule has 0 aliphatic carbocycles. The average Bonchev–Trinajstić information content (AvgIpc) is 3.14. The lowest BCUT2D eigenvalue weighted by atomic mass is 9.79. The van der Waals surface area contributed by atoms with E-state index in [1.54, 1.807) is 4.90 Å². The first-order valence-corrected chi connectivity index (χ1v) is 8.77. The van der Waals surface area contributed by atoms with Gasteiger partial charge in [0, 0.05) is 45.6 Å². The number of piperidine rings is 1. The van der Waals surface area contributed by atoms with E-state index in [0.29, 0.717) is 0 Å². The SMILES string of the molecule is CCc1ccc(CN2CC[C@@]3(CCCN(C(=O)N(C)C)C3)C2)o1. The highest BCUT2D eigenvalue weighted by Crippen LogP contribution is 2.39. The molecule has 2 amide bonds. The van der Waals surface area contributed by atoms with Crippen molar-refractivity contribution in [3.63, 3.8) is 0 Å². The number of hydrogen-bond donors (Lipinski definition) is 0. The fraction of sp³-hybridized carbons (Fsp3) is 0.722. The van der Waals surface area contributed by atoms with Gasteiger partial charge in [-0.05, 0) is 37.9 Å². The third-order valence-corrected chi connectivity index (χ3v) is 5.28. The van der Waals surface area contributed by atoms with E-state index in [4.69, 9.17) is 4.42 Å². The number of carbonyl (C=O) groups is 1. The molecule has 1 atom stereocenters. The molecule has 2 saturated heterocycles. The van der Waals surface area contributed by atoms with Crippen molar-refractivity contribution in [3.05, 3.63) is 23.7 Å². The molecule has 2 fully saturated rings. The maximum atomic E-state index is 12.3. The van der Waals surface area contributed by atoms with Gasteiger partial charge in [-0.2, -0.15) is 0 Å². The molecule has 0 radical (unpaired) electrons. The second-order valence-electron chi connectivity index (χ2n) is 7.38. The fourth-order valence-corrected chi connectivity index (χ4v) is 4.07. The molecule has 0 bridgehead atoms. The van der Waals surface area contributed by atoms with Crippen LogP contribution in [0.3, 0.4) is 0 Å². The van der Waals surface area contributed by atoms with Crippen LogP contribution in [0.2, 0.25) is 0 Å². The third kappa shape index (κ3) is 3.55. The minimum absolute atomic E-state index is 0.154. The minimum Gasteiger partial charge on any atom is -0.465 e. The molecule has 2 aliphatic rings. The number of amides is 2. The van der Waals surface area contributed by atoms with Crippen LogP contribution in [0.25, 0.3) is 0 Å². The Bertz CT molecular complexity index is 554. The monoisotopic (exact) mass is 319 g/mol. The van der Waals surface area contributed by atoms with Gasteiger partial charge in [-0.3, -0.25) is 4.90 Å². The number of nitrogens with zero attached hydrogens (tertiary/aromatic N) is 3. The fourth-order valence-electron chi connectivity index (χ4n) is 4.07. The van der Waals surface area contributed by atoms with Crippen LogP contribution < -0.4 is 0 Å². The Hall–Kier alpha value is -1.49. The largest absolute Gasteiger partial charge is 0.465 e. The maximum absolute atomic E-state index is 12.3. The maximum Gasteiger partial charge on any atom is 0.319 e. The molecular weight excluding hydrogens is 290 g/mol. The number of rotatable bonds is 3. The summed E-state index contributed by atoms with van der Waals surface area (Å²) in [6, 6.07) is 4.34. The normalized spacial score (nSPS) is 25.3. The second-order valence-corrected chi connectivity index (χ2v) is 7.38. The van der Waals surface area contributed by atoms with Gasteiger partial charge in [-0.1, -0.05) is 6.92 Å². The van der Waals surface area contributed by atoms with Crippen LogP contribution in [0.1, 0.15) is 37.7 Å².